The van der Waals surface area contributed by atoms with E-state index in [4.69, 9.17) is 23.2 Å². The van der Waals surface area contributed by atoms with Gasteiger partial charge in [0.05, 0.1) is 10.7 Å². The van der Waals surface area contributed by atoms with Gasteiger partial charge in [-0.25, -0.2) is 13.8 Å². The maximum absolute atomic E-state index is 13.2. The quantitative estimate of drug-likeness (QED) is 0.510. The summed E-state index contributed by atoms with van der Waals surface area (Å²) in [7, 11) is 0. The summed E-state index contributed by atoms with van der Waals surface area (Å²) in [6.45, 7) is 0. The first-order valence-corrected chi connectivity index (χ1v) is 8.84. The first kappa shape index (κ1) is 18.3. The highest BCUT2D eigenvalue weighted by molar-refractivity contribution is 7.11. The number of benzene rings is 2. The molecule has 0 spiro atoms. The predicted molar refractivity (Wildman–Crippen MR) is 101 cm³/mol. The summed E-state index contributed by atoms with van der Waals surface area (Å²) in [4.78, 5) is 4.41. The zero-order valence-corrected chi connectivity index (χ0v) is 15.3. The Morgan fingerprint density at radius 1 is 1.15 bits per heavy atom. The zero-order valence-electron chi connectivity index (χ0n) is 12.9. The Balaban J connectivity index is 1.86. The number of aromatic nitrogens is 1. The van der Waals surface area contributed by atoms with Crippen molar-refractivity contribution in [3.05, 3.63) is 74.7 Å². The molecule has 26 heavy (non-hydrogen) atoms. The Morgan fingerprint density at radius 3 is 2.65 bits per heavy atom. The van der Waals surface area contributed by atoms with Gasteiger partial charge >= 0.3 is 0 Å². The molecule has 0 aliphatic carbocycles. The van der Waals surface area contributed by atoms with Gasteiger partial charge in [-0.3, -0.25) is 0 Å². The monoisotopic (exact) mass is 407 g/mol. The van der Waals surface area contributed by atoms with Crippen LogP contribution >= 0.6 is 34.5 Å². The van der Waals surface area contributed by atoms with Crippen LogP contribution in [0.5, 0.6) is 0 Å². The van der Waals surface area contributed by atoms with Crippen LogP contribution in [0, 0.1) is 23.0 Å². The van der Waals surface area contributed by atoms with Crippen LogP contribution in [0.15, 0.2) is 48.0 Å². The molecular formula is C18H9Cl2F2N3S. The largest absolute Gasteiger partial charge is 0.360 e. The number of nitriles is 1. The predicted octanol–water partition coefficient (Wildman–Crippen LogP) is 6.37. The molecule has 0 bridgehead atoms. The van der Waals surface area contributed by atoms with Gasteiger partial charge in [0, 0.05) is 33.9 Å². The van der Waals surface area contributed by atoms with Gasteiger partial charge in [-0.05, 0) is 30.3 Å². The standard InChI is InChI=1S/C18H9Cl2F2N3S/c19-11-1-3-13(14(20)5-11)17-9-26-18(25-17)10(7-23)8-24-12-2-4-15(21)16(22)6-12/h1-6,8-9,24H/b10-8+. The van der Waals surface area contributed by atoms with E-state index in [0.29, 0.717) is 32.0 Å². The van der Waals surface area contributed by atoms with Crippen molar-refractivity contribution in [3.63, 3.8) is 0 Å². The number of anilines is 1. The van der Waals surface area contributed by atoms with Crippen molar-refractivity contribution in [2.24, 2.45) is 0 Å². The van der Waals surface area contributed by atoms with Crippen LogP contribution in [0.2, 0.25) is 10.0 Å². The van der Waals surface area contributed by atoms with Crippen molar-refractivity contribution < 1.29 is 8.78 Å². The number of nitrogens with one attached hydrogen (secondary N) is 1. The first-order valence-electron chi connectivity index (χ1n) is 7.21. The fourth-order valence-corrected chi connectivity index (χ4v) is 3.39. The maximum Gasteiger partial charge on any atom is 0.160 e. The molecule has 0 amide bonds. The Labute approximate surface area is 162 Å². The highest BCUT2D eigenvalue weighted by Gasteiger charge is 2.12. The molecule has 0 unspecified atom stereocenters. The second kappa shape index (κ2) is 7.83. The fourth-order valence-electron chi connectivity index (χ4n) is 2.10. The summed E-state index contributed by atoms with van der Waals surface area (Å²) in [6.07, 6.45) is 1.39. The van der Waals surface area contributed by atoms with Crippen molar-refractivity contribution in [1.82, 2.24) is 4.98 Å². The van der Waals surface area contributed by atoms with Crippen molar-refractivity contribution in [1.29, 1.82) is 5.26 Å². The van der Waals surface area contributed by atoms with E-state index in [1.54, 1.807) is 23.6 Å². The molecule has 0 aliphatic heterocycles. The molecule has 8 heteroatoms. The fraction of sp³-hybridized carbons (Fsp3) is 0. The Morgan fingerprint density at radius 2 is 1.96 bits per heavy atom. The molecule has 0 fully saturated rings. The van der Waals surface area contributed by atoms with E-state index in [0.717, 1.165) is 12.1 Å². The number of hydrogen-bond donors (Lipinski definition) is 1. The van der Waals surface area contributed by atoms with Crippen molar-refractivity contribution in [2.75, 3.05) is 5.32 Å². The molecule has 0 radical (unpaired) electrons. The van der Waals surface area contributed by atoms with E-state index in [9.17, 15) is 14.0 Å². The summed E-state index contributed by atoms with van der Waals surface area (Å²) in [5, 5.41) is 15.3. The van der Waals surface area contributed by atoms with Gasteiger partial charge in [0.15, 0.2) is 11.6 Å². The molecule has 2 aromatic carbocycles. The van der Waals surface area contributed by atoms with Gasteiger partial charge in [0.1, 0.15) is 16.6 Å². The summed E-state index contributed by atoms with van der Waals surface area (Å²) in [5.74, 6) is -1.92. The normalized spacial score (nSPS) is 11.3. The molecule has 0 aliphatic rings. The van der Waals surface area contributed by atoms with E-state index in [1.165, 1.54) is 23.6 Å². The van der Waals surface area contributed by atoms with Gasteiger partial charge in [0.2, 0.25) is 0 Å². The summed E-state index contributed by atoms with van der Waals surface area (Å²) in [6, 6.07) is 10.5. The van der Waals surface area contributed by atoms with Gasteiger partial charge in [-0.15, -0.1) is 11.3 Å². The molecule has 1 aromatic heterocycles. The third kappa shape index (κ3) is 4.02. The molecule has 0 atom stereocenters. The SMILES string of the molecule is N#C/C(=C\Nc1ccc(F)c(F)c1)c1nc(-c2ccc(Cl)cc2Cl)cs1. The first-order chi connectivity index (χ1) is 12.5. The van der Waals surface area contributed by atoms with Crippen LogP contribution in [0.1, 0.15) is 5.01 Å². The highest BCUT2D eigenvalue weighted by atomic mass is 35.5. The van der Waals surface area contributed by atoms with Gasteiger partial charge in [-0.2, -0.15) is 5.26 Å². The molecule has 3 aromatic rings. The molecule has 0 saturated carbocycles. The van der Waals surface area contributed by atoms with Crippen molar-refractivity contribution in [2.45, 2.75) is 0 Å². The lowest BCUT2D eigenvalue weighted by atomic mass is 10.2. The van der Waals surface area contributed by atoms with E-state index in [2.05, 4.69) is 10.3 Å². The van der Waals surface area contributed by atoms with Gasteiger partial charge in [-0.1, -0.05) is 23.2 Å². The minimum absolute atomic E-state index is 0.246. The average molecular weight is 408 g/mol. The van der Waals surface area contributed by atoms with E-state index in [-0.39, 0.29) is 5.57 Å². The molecule has 130 valence electrons. The number of nitrogens with zero attached hydrogens (tertiary/aromatic N) is 2. The van der Waals surface area contributed by atoms with Gasteiger partial charge in [0.25, 0.3) is 0 Å². The second-order valence-corrected chi connectivity index (χ2v) is 6.81. The molecule has 3 nitrogen and oxygen atoms in total. The summed E-state index contributed by atoms with van der Waals surface area (Å²) in [5.41, 5.74) is 1.87. The summed E-state index contributed by atoms with van der Waals surface area (Å²) >= 11 is 13.3. The van der Waals surface area contributed by atoms with E-state index in [1.807, 2.05) is 6.07 Å². The highest BCUT2D eigenvalue weighted by Crippen LogP contribution is 2.32. The topological polar surface area (TPSA) is 48.7 Å². The Kier molecular flexibility index (Phi) is 5.52. The lowest BCUT2D eigenvalue weighted by Gasteiger charge is -2.02. The van der Waals surface area contributed by atoms with E-state index >= 15 is 0 Å². The van der Waals surface area contributed by atoms with E-state index < -0.39 is 11.6 Å². The second-order valence-electron chi connectivity index (χ2n) is 5.11. The Hall–Kier alpha value is -2.46. The minimum Gasteiger partial charge on any atom is -0.360 e. The molecule has 1 N–H and O–H groups in total. The van der Waals surface area contributed by atoms with Crippen LogP contribution in [-0.4, -0.2) is 4.98 Å². The molecule has 1 heterocycles. The molecule has 3 rings (SSSR count). The van der Waals surface area contributed by atoms with Crippen LogP contribution < -0.4 is 5.32 Å². The number of hydrogen-bond acceptors (Lipinski definition) is 4. The molecule has 0 saturated heterocycles. The maximum atomic E-state index is 13.2. The average Bonchev–Trinajstić information content (AvgIpc) is 3.08. The number of thiazole rings is 1. The molecular weight excluding hydrogens is 399 g/mol. The lowest BCUT2D eigenvalue weighted by molar-refractivity contribution is 0.509. The lowest BCUT2D eigenvalue weighted by Crippen LogP contribution is -1.93. The number of halogens is 4. The zero-order chi connectivity index (χ0) is 18.7. The third-order valence-electron chi connectivity index (χ3n) is 3.36. The van der Waals surface area contributed by atoms with Gasteiger partial charge < -0.3 is 5.32 Å². The third-order valence-corrected chi connectivity index (χ3v) is 4.79. The van der Waals surface area contributed by atoms with Crippen LogP contribution in [0.4, 0.5) is 14.5 Å². The Bertz CT molecular complexity index is 1040. The van der Waals surface area contributed by atoms with Crippen molar-refractivity contribution in [3.8, 4) is 17.3 Å². The smallest absolute Gasteiger partial charge is 0.160 e. The number of allylic oxidation sites excluding steroid dienone is 1. The number of rotatable bonds is 4. The van der Waals surface area contributed by atoms with Crippen LogP contribution in [0.3, 0.4) is 0 Å². The minimum atomic E-state index is -0.976. The van der Waals surface area contributed by atoms with Crippen molar-refractivity contribution >= 4 is 45.8 Å². The summed E-state index contributed by atoms with van der Waals surface area (Å²) < 4.78 is 26.2. The van der Waals surface area contributed by atoms with Crippen LogP contribution in [-0.2, 0) is 0 Å². The van der Waals surface area contributed by atoms with Crippen LogP contribution in [0.25, 0.3) is 16.8 Å².